The summed E-state index contributed by atoms with van der Waals surface area (Å²) in [4.78, 5) is 23.4. The Bertz CT molecular complexity index is 886. The van der Waals surface area contributed by atoms with E-state index in [2.05, 4.69) is 15.7 Å². The number of carbonyl (C=O) groups excluding carboxylic acids is 2. The summed E-state index contributed by atoms with van der Waals surface area (Å²) in [6.45, 7) is -0.101. The topological polar surface area (TPSA) is 96.1 Å². The number of carbonyl (C=O) groups is 2. The van der Waals surface area contributed by atoms with Gasteiger partial charge in [-0.1, -0.05) is 17.7 Å². The van der Waals surface area contributed by atoms with Gasteiger partial charge in [0.15, 0.2) is 6.10 Å². The summed E-state index contributed by atoms with van der Waals surface area (Å²) in [6, 6.07) is 2.92. The van der Waals surface area contributed by atoms with Crippen molar-refractivity contribution in [3.8, 4) is 0 Å². The molecule has 2 aromatic rings. The van der Waals surface area contributed by atoms with Gasteiger partial charge in [0.05, 0.1) is 23.3 Å². The zero-order valence-corrected chi connectivity index (χ0v) is 14.0. The van der Waals surface area contributed by atoms with Crippen molar-refractivity contribution in [2.24, 2.45) is 0 Å². The number of H-pyrrole nitrogens is 1. The molecule has 1 aliphatic rings. The van der Waals surface area contributed by atoms with E-state index in [1.807, 2.05) is 5.10 Å². The predicted molar refractivity (Wildman–Crippen MR) is 83.3 cm³/mol. The second-order valence-corrected chi connectivity index (χ2v) is 6.00. The highest BCUT2D eigenvalue weighted by molar-refractivity contribution is 6.30. The molecule has 1 aromatic carbocycles. The van der Waals surface area contributed by atoms with E-state index in [0.29, 0.717) is 6.07 Å². The summed E-state index contributed by atoms with van der Waals surface area (Å²) in [5.74, 6) is -1.51. The van der Waals surface area contributed by atoms with Crippen LogP contribution in [-0.4, -0.2) is 34.8 Å². The third kappa shape index (κ3) is 4.13. The highest BCUT2D eigenvalue weighted by Crippen LogP contribution is 2.31. The Balaban J connectivity index is 1.93. The average Bonchev–Trinajstić information content (AvgIpc) is 3.24. The molecule has 2 unspecified atom stereocenters. The summed E-state index contributed by atoms with van der Waals surface area (Å²) in [5, 5.41) is 9.86. The first-order valence-corrected chi connectivity index (χ1v) is 7.85. The maximum Gasteiger partial charge on any atom is 0.432 e. The quantitative estimate of drug-likeness (QED) is 0.680. The fourth-order valence-electron chi connectivity index (χ4n) is 2.42. The molecule has 0 saturated carbocycles. The van der Waals surface area contributed by atoms with Gasteiger partial charge in [-0.3, -0.25) is 9.89 Å². The molecule has 1 aromatic heterocycles. The number of alkyl carbamates (subject to hydrolysis) is 1. The zero-order chi connectivity index (χ0) is 19.8. The SMILES string of the molecule is O=C1NCC(C(=O)NC(c2ccc(F)c(Cl)c2)c2cc(C(F)(F)F)[nH]n2)O1. The number of nitrogens with zero attached hydrogens (tertiary/aromatic N) is 1. The number of halogens is 5. The number of aromatic nitrogens is 2. The molecular formula is C15H11ClF4N4O3. The van der Waals surface area contributed by atoms with Crippen molar-refractivity contribution >= 4 is 23.6 Å². The summed E-state index contributed by atoms with van der Waals surface area (Å²) in [7, 11) is 0. The van der Waals surface area contributed by atoms with Crippen LogP contribution in [0.2, 0.25) is 5.02 Å². The molecule has 1 fully saturated rings. The lowest BCUT2D eigenvalue weighted by atomic mass is 10.0. The first-order chi connectivity index (χ1) is 12.6. The molecule has 0 bridgehead atoms. The monoisotopic (exact) mass is 406 g/mol. The van der Waals surface area contributed by atoms with Crippen LogP contribution in [0.25, 0.3) is 0 Å². The normalized spacial score (nSPS) is 18.0. The standard InChI is InChI=1S/C15H11ClF4N4O3/c16-7-3-6(1-2-8(7)17)12(9-4-11(24-23-9)15(18,19)20)22-13(25)10-5-21-14(26)27-10/h1-4,10,12H,5H2,(H,21,26)(H,22,25)(H,23,24). The number of ether oxygens (including phenoxy) is 1. The number of rotatable bonds is 4. The maximum atomic E-state index is 13.4. The van der Waals surface area contributed by atoms with E-state index in [-0.39, 0.29) is 22.8 Å². The molecule has 7 nitrogen and oxygen atoms in total. The van der Waals surface area contributed by atoms with E-state index in [1.165, 1.54) is 6.07 Å². The predicted octanol–water partition coefficient (Wildman–Crippen LogP) is 2.53. The minimum atomic E-state index is -4.68. The van der Waals surface area contributed by atoms with Gasteiger partial charge in [0.1, 0.15) is 11.5 Å². The third-order valence-corrected chi connectivity index (χ3v) is 4.03. The lowest BCUT2D eigenvalue weighted by Crippen LogP contribution is -2.39. The maximum absolute atomic E-state index is 13.4. The van der Waals surface area contributed by atoms with E-state index in [9.17, 15) is 27.2 Å². The highest BCUT2D eigenvalue weighted by Gasteiger charge is 2.36. The number of nitrogens with one attached hydrogen (secondary N) is 3. The Kier molecular flexibility index (Phi) is 4.96. The molecule has 1 saturated heterocycles. The smallest absolute Gasteiger partial charge is 0.432 e. The average molecular weight is 407 g/mol. The van der Waals surface area contributed by atoms with Crippen LogP contribution < -0.4 is 10.6 Å². The van der Waals surface area contributed by atoms with E-state index >= 15 is 0 Å². The first kappa shape index (κ1) is 19.0. The van der Waals surface area contributed by atoms with Gasteiger partial charge in [-0.05, 0) is 23.8 Å². The fraction of sp³-hybridized carbons (Fsp3) is 0.267. The number of benzene rings is 1. The minimum absolute atomic E-state index is 0.101. The van der Waals surface area contributed by atoms with E-state index in [0.717, 1.165) is 12.1 Å². The van der Waals surface area contributed by atoms with Crippen LogP contribution in [-0.2, 0) is 15.7 Å². The summed E-state index contributed by atoms with van der Waals surface area (Å²) in [6.07, 6.45) is -6.64. The Labute approximate surface area is 154 Å². The van der Waals surface area contributed by atoms with Crippen LogP contribution in [0.15, 0.2) is 24.3 Å². The molecule has 2 atom stereocenters. The van der Waals surface area contributed by atoms with Crippen LogP contribution in [0.4, 0.5) is 22.4 Å². The molecule has 0 aliphatic carbocycles. The van der Waals surface area contributed by atoms with Crippen LogP contribution in [0, 0.1) is 5.82 Å². The van der Waals surface area contributed by atoms with Crippen molar-refractivity contribution < 1.29 is 31.9 Å². The van der Waals surface area contributed by atoms with E-state index in [1.54, 1.807) is 0 Å². The molecule has 144 valence electrons. The lowest BCUT2D eigenvalue weighted by molar-refractivity contribution is -0.141. The molecule has 12 heteroatoms. The van der Waals surface area contributed by atoms with Gasteiger partial charge in [-0.15, -0.1) is 0 Å². The van der Waals surface area contributed by atoms with Crippen LogP contribution in [0.5, 0.6) is 0 Å². The Hall–Kier alpha value is -2.82. The lowest BCUT2D eigenvalue weighted by Gasteiger charge is -2.19. The minimum Gasteiger partial charge on any atom is -0.434 e. The Morgan fingerprint density at radius 3 is 2.67 bits per heavy atom. The molecule has 2 heterocycles. The van der Waals surface area contributed by atoms with Crippen molar-refractivity contribution in [3.63, 3.8) is 0 Å². The largest absolute Gasteiger partial charge is 0.434 e. The number of hydrogen-bond acceptors (Lipinski definition) is 4. The summed E-state index contributed by atoms with van der Waals surface area (Å²) in [5.41, 5.74) is -1.12. The second kappa shape index (κ2) is 7.06. The van der Waals surface area contributed by atoms with Gasteiger partial charge in [-0.2, -0.15) is 18.3 Å². The van der Waals surface area contributed by atoms with Crippen LogP contribution in [0.3, 0.4) is 0 Å². The zero-order valence-electron chi connectivity index (χ0n) is 13.2. The summed E-state index contributed by atoms with van der Waals surface area (Å²) >= 11 is 5.73. The third-order valence-electron chi connectivity index (χ3n) is 3.74. The van der Waals surface area contributed by atoms with Crippen LogP contribution in [0.1, 0.15) is 23.0 Å². The Morgan fingerprint density at radius 1 is 1.37 bits per heavy atom. The van der Waals surface area contributed by atoms with Gasteiger partial charge in [0.25, 0.3) is 5.91 Å². The molecule has 0 spiro atoms. The Morgan fingerprint density at radius 2 is 2.11 bits per heavy atom. The molecule has 27 heavy (non-hydrogen) atoms. The molecule has 0 radical (unpaired) electrons. The molecule has 1 aliphatic heterocycles. The van der Waals surface area contributed by atoms with Gasteiger partial charge in [0.2, 0.25) is 0 Å². The molecular weight excluding hydrogens is 396 g/mol. The van der Waals surface area contributed by atoms with Gasteiger partial charge < -0.3 is 15.4 Å². The molecule has 3 rings (SSSR count). The number of hydrogen-bond donors (Lipinski definition) is 3. The van der Waals surface area contributed by atoms with Gasteiger partial charge in [-0.25, -0.2) is 9.18 Å². The number of aromatic amines is 1. The van der Waals surface area contributed by atoms with Crippen LogP contribution >= 0.6 is 11.6 Å². The highest BCUT2D eigenvalue weighted by atomic mass is 35.5. The fourth-order valence-corrected chi connectivity index (χ4v) is 2.61. The number of amides is 2. The molecule has 3 N–H and O–H groups in total. The number of alkyl halides is 3. The van der Waals surface area contributed by atoms with Gasteiger partial charge >= 0.3 is 12.3 Å². The van der Waals surface area contributed by atoms with Crippen molar-refractivity contribution in [2.75, 3.05) is 6.54 Å². The van der Waals surface area contributed by atoms with E-state index < -0.39 is 41.8 Å². The van der Waals surface area contributed by atoms with Crippen molar-refractivity contribution in [1.82, 2.24) is 20.8 Å². The van der Waals surface area contributed by atoms with Crippen molar-refractivity contribution in [1.29, 1.82) is 0 Å². The first-order valence-electron chi connectivity index (χ1n) is 7.47. The molecule has 2 amide bonds. The van der Waals surface area contributed by atoms with Gasteiger partial charge in [0, 0.05) is 0 Å². The van der Waals surface area contributed by atoms with E-state index in [4.69, 9.17) is 16.3 Å². The second-order valence-electron chi connectivity index (χ2n) is 5.59. The van der Waals surface area contributed by atoms with Crippen molar-refractivity contribution in [3.05, 3.63) is 52.1 Å². The van der Waals surface area contributed by atoms with Crippen molar-refractivity contribution in [2.45, 2.75) is 18.3 Å². The summed E-state index contributed by atoms with van der Waals surface area (Å²) < 4.78 is 56.7. The number of cyclic esters (lactones) is 1.